The van der Waals surface area contributed by atoms with Gasteiger partial charge in [-0.05, 0) is 63.6 Å². The summed E-state index contributed by atoms with van der Waals surface area (Å²) in [5.74, 6) is -1.13. The van der Waals surface area contributed by atoms with E-state index in [1.807, 2.05) is 0 Å². The first-order valence-corrected chi connectivity index (χ1v) is 8.98. The highest BCUT2D eigenvalue weighted by Crippen LogP contribution is 2.39. The first-order chi connectivity index (χ1) is 11.9. The van der Waals surface area contributed by atoms with Crippen LogP contribution >= 0.6 is 12.4 Å². The van der Waals surface area contributed by atoms with Gasteiger partial charge < -0.3 is 10.6 Å². The minimum absolute atomic E-state index is 0. The molecule has 2 aliphatic rings. The van der Waals surface area contributed by atoms with Gasteiger partial charge in [-0.1, -0.05) is 0 Å². The van der Waals surface area contributed by atoms with Gasteiger partial charge in [-0.25, -0.2) is 0 Å². The van der Waals surface area contributed by atoms with Crippen LogP contribution in [0.25, 0.3) is 0 Å². The van der Waals surface area contributed by atoms with Gasteiger partial charge >= 0.3 is 6.18 Å². The van der Waals surface area contributed by atoms with Crippen molar-refractivity contribution in [1.29, 1.82) is 0 Å². The van der Waals surface area contributed by atoms with Crippen LogP contribution in [-0.2, 0) is 10.3 Å². The Morgan fingerprint density at radius 1 is 1.23 bits per heavy atom. The predicted molar refractivity (Wildman–Crippen MR) is 94.1 cm³/mol. The zero-order valence-electron chi connectivity index (χ0n) is 14.6. The van der Waals surface area contributed by atoms with E-state index in [-0.39, 0.29) is 37.1 Å². The Labute approximate surface area is 157 Å². The molecule has 9 heteroatoms. The summed E-state index contributed by atoms with van der Waals surface area (Å²) in [4.78, 5) is 12.9. The van der Waals surface area contributed by atoms with Crippen LogP contribution in [0.2, 0.25) is 0 Å². The van der Waals surface area contributed by atoms with Gasteiger partial charge in [0, 0.05) is 18.9 Å². The smallest absolute Gasteiger partial charge is 0.354 e. The van der Waals surface area contributed by atoms with Crippen molar-refractivity contribution in [3.8, 4) is 0 Å². The van der Waals surface area contributed by atoms with Crippen LogP contribution < -0.4 is 10.6 Å². The molecule has 0 spiro atoms. The van der Waals surface area contributed by atoms with Crippen LogP contribution in [0, 0.1) is 11.8 Å². The SMILES string of the molecule is Cl.O=C(NCC1CCC(C(F)(F)F)CC1)C1(n2cccn2)CCNCC1. The summed E-state index contributed by atoms with van der Waals surface area (Å²) in [6.07, 6.45) is 2.04. The quantitative estimate of drug-likeness (QED) is 0.825. The Morgan fingerprint density at radius 2 is 1.88 bits per heavy atom. The van der Waals surface area contributed by atoms with Crippen molar-refractivity contribution in [3.05, 3.63) is 18.5 Å². The Morgan fingerprint density at radius 3 is 2.42 bits per heavy atom. The van der Waals surface area contributed by atoms with Gasteiger partial charge in [0.05, 0.1) is 5.92 Å². The Bertz CT molecular complexity index is 565. The van der Waals surface area contributed by atoms with E-state index >= 15 is 0 Å². The number of piperidine rings is 1. The van der Waals surface area contributed by atoms with Crippen molar-refractivity contribution < 1.29 is 18.0 Å². The van der Waals surface area contributed by atoms with Gasteiger partial charge in [-0.15, -0.1) is 12.4 Å². The fraction of sp³-hybridized carbons (Fsp3) is 0.765. The average Bonchev–Trinajstić information content (AvgIpc) is 3.15. The van der Waals surface area contributed by atoms with Gasteiger partial charge in [-0.2, -0.15) is 18.3 Å². The average molecular weight is 395 g/mol. The van der Waals surface area contributed by atoms with E-state index in [0.29, 0.717) is 32.2 Å². The number of nitrogens with one attached hydrogen (secondary N) is 2. The summed E-state index contributed by atoms with van der Waals surface area (Å²) in [5, 5.41) is 10.5. The molecule has 2 N–H and O–H groups in total. The largest absolute Gasteiger partial charge is 0.391 e. The second kappa shape index (κ2) is 8.61. The summed E-state index contributed by atoms with van der Waals surface area (Å²) in [6.45, 7) is 1.92. The molecule has 0 atom stereocenters. The predicted octanol–water partition coefficient (Wildman–Crippen LogP) is 2.87. The Kier molecular flexibility index (Phi) is 6.96. The monoisotopic (exact) mass is 394 g/mol. The maximum atomic E-state index is 12.9. The van der Waals surface area contributed by atoms with E-state index in [1.165, 1.54) is 0 Å². The van der Waals surface area contributed by atoms with Gasteiger partial charge in [-0.3, -0.25) is 9.48 Å². The van der Waals surface area contributed by atoms with Gasteiger partial charge in [0.15, 0.2) is 0 Å². The highest BCUT2D eigenvalue weighted by Gasteiger charge is 2.43. The molecule has 0 radical (unpaired) electrons. The minimum atomic E-state index is -4.09. The number of hydrogen-bond acceptors (Lipinski definition) is 3. The topological polar surface area (TPSA) is 59.0 Å². The number of alkyl halides is 3. The first kappa shape index (κ1) is 21.0. The standard InChI is InChI=1S/C17H25F3N4O.ClH/c18-17(19,20)14-4-2-13(3-5-14)12-22-15(25)16(6-9-21-10-7-16)24-11-1-8-23-24;/h1,8,11,13-14,21H,2-7,9-10,12H2,(H,22,25);1H. The molecule has 3 rings (SSSR count). The minimum Gasteiger partial charge on any atom is -0.354 e. The van der Waals surface area contributed by atoms with Crippen LogP contribution in [-0.4, -0.2) is 41.5 Å². The van der Waals surface area contributed by atoms with Crippen LogP contribution in [0.4, 0.5) is 13.2 Å². The molecule has 1 amide bonds. The van der Waals surface area contributed by atoms with E-state index in [4.69, 9.17) is 0 Å². The maximum absolute atomic E-state index is 12.9. The van der Waals surface area contributed by atoms with Crippen molar-refractivity contribution in [3.63, 3.8) is 0 Å². The third kappa shape index (κ3) is 4.52. The highest BCUT2D eigenvalue weighted by molar-refractivity contribution is 5.85. The number of nitrogens with zero attached hydrogens (tertiary/aromatic N) is 2. The van der Waals surface area contributed by atoms with Crippen molar-refractivity contribution in [2.24, 2.45) is 11.8 Å². The fourth-order valence-electron chi connectivity index (χ4n) is 4.02. The second-order valence-electron chi connectivity index (χ2n) is 7.20. The summed E-state index contributed by atoms with van der Waals surface area (Å²) < 4.78 is 40.0. The van der Waals surface area contributed by atoms with Crippen molar-refractivity contribution in [2.75, 3.05) is 19.6 Å². The Balaban J connectivity index is 0.00000243. The molecule has 1 aromatic rings. The number of carbonyl (C=O) groups excluding carboxylic acids is 1. The maximum Gasteiger partial charge on any atom is 0.391 e. The number of amides is 1. The lowest BCUT2D eigenvalue weighted by Crippen LogP contribution is -2.55. The lowest BCUT2D eigenvalue weighted by atomic mass is 9.81. The third-order valence-electron chi connectivity index (χ3n) is 5.66. The van der Waals surface area contributed by atoms with E-state index < -0.39 is 17.6 Å². The molecule has 1 aliphatic carbocycles. The summed E-state index contributed by atoms with van der Waals surface area (Å²) in [6, 6.07) is 1.80. The van der Waals surface area contributed by atoms with E-state index in [9.17, 15) is 18.0 Å². The van der Waals surface area contributed by atoms with Crippen LogP contribution in [0.1, 0.15) is 38.5 Å². The zero-order chi connectivity index (χ0) is 17.9. The molecule has 26 heavy (non-hydrogen) atoms. The van der Waals surface area contributed by atoms with Gasteiger partial charge in [0.2, 0.25) is 5.91 Å². The molecular formula is C17H26ClF3N4O. The number of aromatic nitrogens is 2. The normalized spacial score (nSPS) is 26.0. The second-order valence-corrected chi connectivity index (χ2v) is 7.20. The molecule has 148 valence electrons. The van der Waals surface area contributed by atoms with E-state index in [2.05, 4.69) is 15.7 Å². The molecule has 1 saturated carbocycles. The number of rotatable bonds is 4. The molecule has 5 nitrogen and oxygen atoms in total. The zero-order valence-corrected chi connectivity index (χ0v) is 15.4. The molecular weight excluding hydrogens is 369 g/mol. The first-order valence-electron chi connectivity index (χ1n) is 8.98. The van der Waals surface area contributed by atoms with Crippen molar-refractivity contribution >= 4 is 18.3 Å². The van der Waals surface area contributed by atoms with E-state index in [0.717, 1.165) is 13.1 Å². The van der Waals surface area contributed by atoms with Gasteiger partial charge in [0.1, 0.15) is 5.54 Å². The molecule has 0 aromatic carbocycles. The third-order valence-corrected chi connectivity index (χ3v) is 5.66. The van der Waals surface area contributed by atoms with E-state index in [1.54, 1.807) is 23.1 Å². The Hall–Kier alpha value is -1.28. The number of hydrogen-bond donors (Lipinski definition) is 2. The molecule has 0 unspecified atom stereocenters. The van der Waals surface area contributed by atoms with Crippen LogP contribution in [0.3, 0.4) is 0 Å². The number of halogens is 4. The number of carbonyl (C=O) groups is 1. The fourth-order valence-corrected chi connectivity index (χ4v) is 4.02. The van der Waals surface area contributed by atoms with Crippen LogP contribution in [0.5, 0.6) is 0 Å². The summed E-state index contributed by atoms with van der Waals surface area (Å²) in [5.41, 5.74) is -0.697. The molecule has 2 fully saturated rings. The van der Waals surface area contributed by atoms with Crippen LogP contribution in [0.15, 0.2) is 18.5 Å². The lowest BCUT2D eigenvalue weighted by Gasteiger charge is -2.37. The summed E-state index contributed by atoms with van der Waals surface area (Å²) >= 11 is 0. The van der Waals surface area contributed by atoms with Crippen molar-refractivity contribution in [1.82, 2.24) is 20.4 Å². The molecule has 1 aliphatic heterocycles. The highest BCUT2D eigenvalue weighted by atomic mass is 35.5. The molecule has 1 saturated heterocycles. The van der Waals surface area contributed by atoms with Crippen molar-refractivity contribution in [2.45, 2.75) is 50.2 Å². The molecule has 0 bridgehead atoms. The summed E-state index contributed by atoms with van der Waals surface area (Å²) in [7, 11) is 0. The molecule has 1 aromatic heterocycles. The lowest BCUT2D eigenvalue weighted by molar-refractivity contribution is -0.183. The molecule has 2 heterocycles. The van der Waals surface area contributed by atoms with Gasteiger partial charge in [0.25, 0.3) is 0 Å².